The van der Waals surface area contributed by atoms with Crippen LogP contribution in [0.1, 0.15) is 5.56 Å². The number of sulfonamides is 1. The van der Waals surface area contributed by atoms with E-state index in [-0.39, 0.29) is 12.3 Å². The first kappa shape index (κ1) is 16.5. The molecule has 0 unspecified atom stereocenters. The van der Waals surface area contributed by atoms with Crippen LogP contribution in [-0.4, -0.2) is 20.9 Å². The second-order valence-electron chi connectivity index (χ2n) is 4.62. The third-order valence-corrected chi connectivity index (χ3v) is 4.33. The van der Waals surface area contributed by atoms with Gasteiger partial charge < -0.3 is 5.32 Å². The van der Waals surface area contributed by atoms with E-state index in [2.05, 4.69) is 10.0 Å². The lowest BCUT2D eigenvalue weighted by atomic mass is 10.2. The first-order chi connectivity index (χ1) is 10.4. The zero-order valence-electron chi connectivity index (χ0n) is 11.6. The molecular weight excluding hydrogens is 324 g/mol. The predicted octanol–water partition coefficient (Wildman–Crippen LogP) is 2.40. The molecule has 0 saturated heterocycles. The fraction of sp³-hybridized carbons (Fsp3) is 0.133. The Balaban J connectivity index is 1.86. The number of benzene rings is 2. The minimum atomic E-state index is -3.56. The molecule has 2 rings (SSSR count). The minimum Gasteiger partial charge on any atom is -0.325 e. The summed E-state index contributed by atoms with van der Waals surface area (Å²) >= 11 is 5.74. The van der Waals surface area contributed by atoms with Gasteiger partial charge in [-0.25, -0.2) is 13.1 Å². The van der Waals surface area contributed by atoms with Gasteiger partial charge in [0, 0.05) is 10.7 Å². The van der Waals surface area contributed by atoms with Crippen molar-refractivity contribution in [2.75, 3.05) is 11.9 Å². The van der Waals surface area contributed by atoms with Crippen LogP contribution in [0.3, 0.4) is 0 Å². The standard InChI is InChI=1S/C15H15ClN2O3S/c16-13-6-8-14(9-7-13)18-15(19)10-17-22(20,21)11-12-4-2-1-3-5-12/h1-9,17H,10-11H2,(H,18,19). The van der Waals surface area contributed by atoms with Crippen LogP contribution < -0.4 is 10.0 Å². The molecule has 22 heavy (non-hydrogen) atoms. The molecule has 0 saturated carbocycles. The smallest absolute Gasteiger partial charge is 0.239 e. The van der Waals surface area contributed by atoms with E-state index >= 15 is 0 Å². The molecule has 0 aliphatic rings. The van der Waals surface area contributed by atoms with Gasteiger partial charge in [-0.15, -0.1) is 0 Å². The van der Waals surface area contributed by atoms with E-state index in [9.17, 15) is 13.2 Å². The Labute approximate surface area is 134 Å². The Morgan fingerprint density at radius 2 is 1.64 bits per heavy atom. The molecule has 116 valence electrons. The fourth-order valence-corrected chi connectivity index (χ4v) is 2.97. The number of nitrogens with one attached hydrogen (secondary N) is 2. The van der Waals surface area contributed by atoms with Gasteiger partial charge in [0.1, 0.15) is 0 Å². The number of halogens is 1. The Morgan fingerprint density at radius 3 is 2.27 bits per heavy atom. The SMILES string of the molecule is O=C(CNS(=O)(=O)Cc1ccccc1)Nc1ccc(Cl)cc1. The minimum absolute atomic E-state index is 0.165. The number of rotatable bonds is 6. The molecule has 0 aliphatic carbocycles. The molecule has 7 heteroatoms. The summed E-state index contributed by atoms with van der Waals surface area (Å²) in [6, 6.07) is 15.3. The summed E-state index contributed by atoms with van der Waals surface area (Å²) in [5.74, 6) is -0.610. The predicted molar refractivity (Wildman–Crippen MR) is 87.2 cm³/mol. The quantitative estimate of drug-likeness (QED) is 0.849. The average molecular weight is 339 g/mol. The number of carbonyl (C=O) groups excluding carboxylic acids is 1. The van der Waals surface area contributed by atoms with Gasteiger partial charge in [-0.2, -0.15) is 0 Å². The van der Waals surface area contributed by atoms with Crippen LogP contribution >= 0.6 is 11.6 Å². The lowest BCUT2D eigenvalue weighted by molar-refractivity contribution is -0.115. The molecule has 0 atom stereocenters. The highest BCUT2D eigenvalue weighted by atomic mass is 35.5. The zero-order valence-corrected chi connectivity index (χ0v) is 13.2. The van der Waals surface area contributed by atoms with Gasteiger partial charge in [-0.05, 0) is 29.8 Å². The molecule has 5 nitrogen and oxygen atoms in total. The maximum absolute atomic E-state index is 11.9. The molecule has 0 bridgehead atoms. The van der Waals surface area contributed by atoms with Crippen molar-refractivity contribution < 1.29 is 13.2 Å². The maximum Gasteiger partial charge on any atom is 0.239 e. The van der Waals surface area contributed by atoms with Gasteiger partial charge >= 0.3 is 0 Å². The Hall–Kier alpha value is -1.89. The molecule has 0 fully saturated rings. The highest BCUT2D eigenvalue weighted by Crippen LogP contribution is 2.13. The van der Waals surface area contributed by atoms with Crippen LogP contribution in [0.2, 0.25) is 5.02 Å². The topological polar surface area (TPSA) is 75.3 Å². The highest BCUT2D eigenvalue weighted by Gasteiger charge is 2.13. The summed E-state index contributed by atoms with van der Waals surface area (Å²) in [5.41, 5.74) is 1.21. The van der Waals surface area contributed by atoms with Gasteiger partial charge in [0.2, 0.25) is 15.9 Å². The van der Waals surface area contributed by atoms with Crippen molar-refractivity contribution in [3.63, 3.8) is 0 Å². The van der Waals surface area contributed by atoms with Crippen molar-refractivity contribution in [2.24, 2.45) is 0 Å². The fourth-order valence-electron chi connectivity index (χ4n) is 1.76. The molecule has 0 aliphatic heterocycles. The largest absolute Gasteiger partial charge is 0.325 e. The van der Waals surface area contributed by atoms with Gasteiger partial charge in [0.25, 0.3) is 0 Å². The molecule has 2 N–H and O–H groups in total. The van der Waals surface area contributed by atoms with Gasteiger partial charge in [-0.3, -0.25) is 4.79 Å². The van der Waals surface area contributed by atoms with E-state index in [0.29, 0.717) is 16.3 Å². The van der Waals surface area contributed by atoms with Crippen LogP contribution in [0.15, 0.2) is 54.6 Å². The molecule has 0 spiro atoms. The summed E-state index contributed by atoms with van der Waals surface area (Å²) < 4.78 is 26.1. The molecular formula is C15H15ClN2O3S. The lowest BCUT2D eigenvalue weighted by Gasteiger charge is -2.08. The first-order valence-corrected chi connectivity index (χ1v) is 8.54. The van der Waals surface area contributed by atoms with Crippen molar-refractivity contribution in [3.05, 3.63) is 65.2 Å². The number of amides is 1. The van der Waals surface area contributed by atoms with E-state index in [4.69, 9.17) is 11.6 Å². The number of carbonyl (C=O) groups is 1. The van der Waals surface area contributed by atoms with Crippen LogP contribution in [0, 0.1) is 0 Å². The van der Waals surface area contributed by atoms with Crippen molar-refractivity contribution in [2.45, 2.75) is 5.75 Å². The molecule has 2 aromatic rings. The summed E-state index contributed by atoms with van der Waals surface area (Å²) in [4.78, 5) is 11.7. The molecule has 0 aromatic heterocycles. The summed E-state index contributed by atoms with van der Waals surface area (Å²) in [7, 11) is -3.56. The van der Waals surface area contributed by atoms with E-state index < -0.39 is 15.9 Å². The average Bonchev–Trinajstić information content (AvgIpc) is 2.48. The van der Waals surface area contributed by atoms with Crippen molar-refractivity contribution in [1.29, 1.82) is 0 Å². The highest BCUT2D eigenvalue weighted by molar-refractivity contribution is 7.88. The van der Waals surface area contributed by atoms with Crippen LogP contribution in [-0.2, 0) is 20.6 Å². The third kappa shape index (κ3) is 5.48. The van der Waals surface area contributed by atoms with Crippen LogP contribution in [0.25, 0.3) is 0 Å². The molecule has 1 amide bonds. The zero-order chi connectivity index (χ0) is 16.0. The summed E-state index contributed by atoms with van der Waals surface area (Å²) in [6.45, 7) is -0.322. The van der Waals surface area contributed by atoms with E-state index in [1.807, 2.05) is 6.07 Å². The molecule has 0 heterocycles. The third-order valence-electron chi connectivity index (χ3n) is 2.78. The number of anilines is 1. The first-order valence-electron chi connectivity index (χ1n) is 6.51. The molecule has 2 aromatic carbocycles. The van der Waals surface area contributed by atoms with Gasteiger partial charge in [0.15, 0.2) is 0 Å². The van der Waals surface area contributed by atoms with Crippen LogP contribution in [0.4, 0.5) is 5.69 Å². The van der Waals surface area contributed by atoms with Gasteiger partial charge in [-0.1, -0.05) is 41.9 Å². The second kappa shape index (κ2) is 7.40. The number of hydrogen-bond acceptors (Lipinski definition) is 3. The van der Waals surface area contributed by atoms with E-state index in [0.717, 1.165) is 0 Å². The maximum atomic E-state index is 11.9. The summed E-state index contributed by atoms with van der Waals surface area (Å²) in [5, 5.41) is 3.14. The van der Waals surface area contributed by atoms with Crippen LogP contribution in [0.5, 0.6) is 0 Å². The van der Waals surface area contributed by atoms with Crippen molar-refractivity contribution in [3.8, 4) is 0 Å². The van der Waals surface area contributed by atoms with Gasteiger partial charge in [0.05, 0.1) is 12.3 Å². The van der Waals surface area contributed by atoms with Crippen molar-refractivity contribution in [1.82, 2.24) is 4.72 Å². The Kier molecular flexibility index (Phi) is 5.54. The van der Waals surface area contributed by atoms with Crippen molar-refractivity contribution >= 4 is 33.2 Å². The second-order valence-corrected chi connectivity index (χ2v) is 6.86. The number of hydrogen-bond donors (Lipinski definition) is 2. The molecule has 0 radical (unpaired) electrons. The Morgan fingerprint density at radius 1 is 1.00 bits per heavy atom. The normalized spacial score (nSPS) is 11.1. The monoisotopic (exact) mass is 338 g/mol. The lowest BCUT2D eigenvalue weighted by Crippen LogP contribution is -2.33. The Bertz CT molecular complexity index is 731. The summed E-state index contributed by atoms with van der Waals surface area (Å²) in [6.07, 6.45) is 0. The van der Waals surface area contributed by atoms with E-state index in [1.54, 1.807) is 48.5 Å². The van der Waals surface area contributed by atoms with E-state index in [1.165, 1.54) is 0 Å².